The second kappa shape index (κ2) is 6.90. The van der Waals surface area contributed by atoms with Crippen molar-refractivity contribution in [3.63, 3.8) is 0 Å². The second-order valence-electron chi connectivity index (χ2n) is 5.54. The highest BCUT2D eigenvalue weighted by atomic mass is 32.1. The number of carboxylic acid groups (broad SMARTS) is 1. The fourth-order valence-electron chi connectivity index (χ4n) is 2.49. The lowest BCUT2D eigenvalue weighted by Gasteiger charge is -2.06. The van der Waals surface area contributed by atoms with E-state index >= 15 is 0 Å². The molecule has 0 saturated heterocycles. The molecule has 6 nitrogen and oxygen atoms in total. The summed E-state index contributed by atoms with van der Waals surface area (Å²) in [5.74, 6) is -1.43. The smallest absolute Gasteiger partial charge is 0.339 e. The largest absolute Gasteiger partial charge is 0.478 e. The number of hydrogen-bond donors (Lipinski definition) is 2. The van der Waals surface area contributed by atoms with Crippen LogP contribution in [0.2, 0.25) is 0 Å². The number of amides is 1. The molecule has 0 saturated carbocycles. The van der Waals surface area contributed by atoms with Crippen LogP contribution in [0, 0.1) is 6.92 Å². The number of aromatic carboxylic acids is 1. The van der Waals surface area contributed by atoms with E-state index in [9.17, 15) is 14.7 Å². The zero-order valence-electron chi connectivity index (χ0n) is 13.8. The molecule has 0 spiro atoms. The molecule has 2 aromatic heterocycles. The highest BCUT2D eigenvalue weighted by molar-refractivity contribution is 7.14. The fraction of sp³-hybridized carbons (Fsp3) is 0.167. The predicted molar refractivity (Wildman–Crippen MR) is 97.3 cm³/mol. The number of carbonyl (C=O) groups excluding carboxylic acids is 1. The molecular formula is C18H17N3O3S. The molecule has 0 bridgehead atoms. The third kappa shape index (κ3) is 3.46. The number of hydrogen-bond acceptors (Lipinski definition) is 4. The van der Waals surface area contributed by atoms with Gasteiger partial charge in [-0.05, 0) is 32.0 Å². The first-order valence-electron chi connectivity index (χ1n) is 7.76. The van der Waals surface area contributed by atoms with Gasteiger partial charge in [0.05, 0.1) is 10.6 Å². The minimum absolute atomic E-state index is 0.0624. The van der Waals surface area contributed by atoms with Gasteiger partial charge >= 0.3 is 5.97 Å². The highest BCUT2D eigenvalue weighted by Crippen LogP contribution is 2.35. The Hall–Kier alpha value is -2.93. The van der Waals surface area contributed by atoms with Crippen LogP contribution in [-0.2, 0) is 6.54 Å². The summed E-state index contributed by atoms with van der Waals surface area (Å²) in [6, 6.07) is 8.91. The van der Waals surface area contributed by atoms with E-state index in [-0.39, 0.29) is 17.2 Å². The topological polar surface area (TPSA) is 84.2 Å². The van der Waals surface area contributed by atoms with Crippen LogP contribution in [-0.4, -0.2) is 26.8 Å². The van der Waals surface area contributed by atoms with Crippen molar-refractivity contribution in [2.75, 3.05) is 5.32 Å². The number of carbonyl (C=O) groups is 2. The molecule has 2 heterocycles. The van der Waals surface area contributed by atoms with E-state index < -0.39 is 5.97 Å². The lowest BCUT2D eigenvalue weighted by Crippen LogP contribution is -2.14. The zero-order chi connectivity index (χ0) is 18.0. The Morgan fingerprint density at radius 2 is 2.12 bits per heavy atom. The quantitative estimate of drug-likeness (QED) is 0.727. The van der Waals surface area contributed by atoms with Crippen molar-refractivity contribution in [1.29, 1.82) is 0 Å². The van der Waals surface area contributed by atoms with Crippen molar-refractivity contribution in [3.8, 4) is 10.6 Å². The molecule has 1 aromatic carbocycles. The van der Waals surface area contributed by atoms with Crippen molar-refractivity contribution in [3.05, 3.63) is 58.6 Å². The van der Waals surface area contributed by atoms with Gasteiger partial charge in [0.2, 0.25) is 0 Å². The summed E-state index contributed by atoms with van der Waals surface area (Å²) in [6.07, 6.45) is 1.80. The van der Waals surface area contributed by atoms with Gasteiger partial charge in [0.25, 0.3) is 5.91 Å². The Labute approximate surface area is 148 Å². The van der Waals surface area contributed by atoms with Crippen molar-refractivity contribution in [1.82, 2.24) is 9.78 Å². The number of aryl methyl sites for hydroxylation is 2. The third-order valence-electron chi connectivity index (χ3n) is 3.73. The monoisotopic (exact) mass is 355 g/mol. The molecule has 0 unspecified atom stereocenters. The average molecular weight is 355 g/mol. The van der Waals surface area contributed by atoms with Crippen LogP contribution in [0.3, 0.4) is 0 Å². The van der Waals surface area contributed by atoms with Crippen LogP contribution in [0.25, 0.3) is 10.6 Å². The van der Waals surface area contributed by atoms with Crippen molar-refractivity contribution in [2.24, 2.45) is 0 Å². The Kier molecular flexibility index (Phi) is 4.67. The summed E-state index contributed by atoms with van der Waals surface area (Å²) >= 11 is 1.25. The SMILES string of the molecule is CCn1ccc(-c2scc(NC(=O)c3cccc(C)c3)c2C(=O)O)n1. The average Bonchev–Trinajstić information content (AvgIpc) is 3.21. The minimum Gasteiger partial charge on any atom is -0.478 e. The Balaban J connectivity index is 1.94. The number of aromatic nitrogens is 2. The van der Waals surface area contributed by atoms with E-state index in [0.29, 0.717) is 22.7 Å². The number of nitrogens with zero attached hydrogens (tertiary/aromatic N) is 2. The highest BCUT2D eigenvalue weighted by Gasteiger charge is 2.22. The second-order valence-corrected chi connectivity index (χ2v) is 6.42. The van der Waals surface area contributed by atoms with Gasteiger partial charge in [-0.25, -0.2) is 4.79 Å². The van der Waals surface area contributed by atoms with Crippen LogP contribution in [0.5, 0.6) is 0 Å². The van der Waals surface area contributed by atoms with Gasteiger partial charge in [0, 0.05) is 23.7 Å². The van der Waals surface area contributed by atoms with E-state index in [1.165, 1.54) is 11.3 Å². The first-order chi connectivity index (χ1) is 12.0. The van der Waals surface area contributed by atoms with E-state index in [1.54, 1.807) is 40.5 Å². The maximum atomic E-state index is 12.4. The van der Waals surface area contributed by atoms with Gasteiger partial charge in [-0.2, -0.15) is 5.10 Å². The molecule has 3 rings (SSSR count). The third-order valence-corrected chi connectivity index (χ3v) is 4.73. The predicted octanol–water partition coefficient (Wildman–Crippen LogP) is 3.89. The first kappa shape index (κ1) is 16.9. The van der Waals surface area contributed by atoms with Crippen LogP contribution < -0.4 is 5.32 Å². The normalized spacial score (nSPS) is 10.6. The molecule has 3 aromatic rings. The van der Waals surface area contributed by atoms with E-state index in [1.807, 2.05) is 19.9 Å². The summed E-state index contributed by atoms with van der Waals surface area (Å²) in [5, 5.41) is 18.3. The summed E-state index contributed by atoms with van der Waals surface area (Å²) in [5.41, 5.74) is 2.37. The number of benzene rings is 1. The van der Waals surface area contributed by atoms with E-state index in [2.05, 4.69) is 10.4 Å². The molecule has 128 valence electrons. The number of carboxylic acids is 1. The summed E-state index contributed by atoms with van der Waals surface area (Å²) in [7, 11) is 0. The van der Waals surface area contributed by atoms with E-state index in [0.717, 1.165) is 5.56 Å². The van der Waals surface area contributed by atoms with Crippen molar-refractivity contribution < 1.29 is 14.7 Å². The number of thiophene rings is 1. The van der Waals surface area contributed by atoms with Gasteiger partial charge in [-0.3, -0.25) is 9.48 Å². The molecule has 0 aliphatic heterocycles. The molecule has 0 aliphatic carbocycles. The standard InChI is InChI=1S/C18H17N3O3S/c1-3-21-8-7-13(20-21)16-15(18(23)24)14(10-25-16)19-17(22)12-6-4-5-11(2)9-12/h4-10H,3H2,1-2H3,(H,19,22)(H,23,24). The molecule has 25 heavy (non-hydrogen) atoms. The van der Waals surface area contributed by atoms with Gasteiger partial charge in [0.1, 0.15) is 11.3 Å². The van der Waals surface area contributed by atoms with Crippen molar-refractivity contribution in [2.45, 2.75) is 20.4 Å². The number of nitrogens with one attached hydrogen (secondary N) is 1. The molecular weight excluding hydrogens is 338 g/mol. The summed E-state index contributed by atoms with van der Waals surface area (Å²) in [6.45, 7) is 4.55. The molecule has 1 amide bonds. The Bertz CT molecular complexity index is 943. The van der Waals surface area contributed by atoms with Crippen LogP contribution in [0.15, 0.2) is 41.9 Å². The zero-order valence-corrected chi connectivity index (χ0v) is 14.6. The van der Waals surface area contributed by atoms with Gasteiger partial charge in [-0.1, -0.05) is 17.7 Å². The molecule has 2 N–H and O–H groups in total. The summed E-state index contributed by atoms with van der Waals surface area (Å²) in [4.78, 5) is 24.7. The van der Waals surface area contributed by atoms with Crippen LogP contribution in [0.1, 0.15) is 33.2 Å². The lowest BCUT2D eigenvalue weighted by atomic mass is 10.1. The maximum Gasteiger partial charge on any atom is 0.339 e. The van der Waals surface area contributed by atoms with Crippen molar-refractivity contribution >= 4 is 28.9 Å². The molecule has 0 atom stereocenters. The fourth-order valence-corrected chi connectivity index (χ4v) is 3.45. The molecule has 7 heteroatoms. The lowest BCUT2D eigenvalue weighted by molar-refractivity contribution is 0.0699. The Morgan fingerprint density at radius 1 is 1.32 bits per heavy atom. The summed E-state index contributed by atoms with van der Waals surface area (Å²) < 4.78 is 1.73. The molecule has 0 fully saturated rings. The van der Waals surface area contributed by atoms with Gasteiger partial charge in [-0.15, -0.1) is 11.3 Å². The number of anilines is 1. The van der Waals surface area contributed by atoms with Crippen LogP contribution >= 0.6 is 11.3 Å². The molecule has 0 aliphatic rings. The molecule has 0 radical (unpaired) electrons. The van der Waals surface area contributed by atoms with Gasteiger partial charge < -0.3 is 10.4 Å². The Morgan fingerprint density at radius 3 is 2.76 bits per heavy atom. The number of rotatable bonds is 5. The van der Waals surface area contributed by atoms with E-state index in [4.69, 9.17) is 0 Å². The first-order valence-corrected chi connectivity index (χ1v) is 8.64. The van der Waals surface area contributed by atoms with Gasteiger partial charge in [0.15, 0.2) is 0 Å². The maximum absolute atomic E-state index is 12.4. The minimum atomic E-state index is -1.10. The van der Waals surface area contributed by atoms with Crippen LogP contribution in [0.4, 0.5) is 5.69 Å².